The molecule has 6 atom stereocenters. The Hall–Kier alpha value is -2.09. The standard InChI is InChI=1S/C18H21N6O6PS/c19-16-13-17(22-8-21-16)24(9-23-13)18-15(26)14(25)12(29-18)7-28-31(32)27-6-3-11(30-31)10-1-4-20-5-2-10/h1-2,4-5,8-9,11-12,14-15,18,25-26H,3,6-7H2,(H2,19,21,22)/t11-,12+,14?,15?,18+,31-/m0/s1. The number of nitrogens with zero attached hydrogens (tertiary/aromatic N) is 5. The van der Waals surface area contributed by atoms with Gasteiger partial charge in [0.05, 0.1) is 25.6 Å². The van der Waals surface area contributed by atoms with Crippen LogP contribution in [0.25, 0.3) is 11.2 Å². The van der Waals surface area contributed by atoms with Gasteiger partial charge in [-0.3, -0.25) is 9.55 Å². The Morgan fingerprint density at radius 3 is 2.84 bits per heavy atom. The Kier molecular flexibility index (Phi) is 5.90. The summed E-state index contributed by atoms with van der Waals surface area (Å²) < 4.78 is 24.8. The van der Waals surface area contributed by atoms with Crippen LogP contribution in [0.15, 0.2) is 37.2 Å². The Bertz CT molecular complexity index is 1150. The zero-order valence-corrected chi connectivity index (χ0v) is 18.4. The maximum atomic E-state index is 10.6. The van der Waals surface area contributed by atoms with Gasteiger partial charge in [0.1, 0.15) is 30.2 Å². The fraction of sp³-hybridized carbons (Fsp3) is 0.444. The topological polar surface area (TPSA) is 160 Å². The van der Waals surface area contributed by atoms with Crippen LogP contribution in [0.3, 0.4) is 0 Å². The van der Waals surface area contributed by atoms with Crippen LogP contribution in [0.2, 0.25) is 0 Å². The van der Waals surface area contributed by atoms with Gasteiger partial charge in [0.15, 0.2) is 17.7 Å². The summed E-state index contributed by atoms with van der Waals surface area (Å²) in [4.78, 5) is 16.2. The van der Waals surface area contributed by atoms with Crippen LogP contribution in [-0.4, -0.2) is 66.2 Å². The first-order valence-electron chi connectivity index (χ1n) is 9.87. The molecule has 2 aliphatic heterocycles. The number of imidazole rings is 1. The number of pyridine rings is 1. The smallest absolute Gasteiger partial charge is 0.327 e. The van der Waals surface area contributed by atoms with Crippen molar-refractivity contribution < 1.29 is 28.5 Å². The van der Waals surface area contributed by atoms with Crippen molar-refractivity contribution in [3.8, 4) is 0 Å². The lowest BCUT2D eigenvalue weighted by Gasteiger charge is -2.32. The fourth-order valence-electron chi connectivity index (χ4n) is 3.70. The Labute approximate surface area is 187 Å². The Morgan fingerprint density at radius 1 is 1.22 bits per heavy atom. The predicted octanol–water partition coefficient (Wildman–Crippen LogP) is 0.842. The SMILES string of the molecule is Nc1ncnc2c1ncn2[C@@H]1O[C@H](CO[P@@]2(=S)OCC[C@@H](c3ccncc3)O2)C(O)C1O. The average Bonchev–Trinajstić information content (AvgIpc) is 3.35. The maximum Gasteiger partial charge on any atom is 0.327 e. The Morgan fingerprint density at radius 2 is 2.03 bits per heavy atom. The molecule has 0 aromatic carbocycles. The molecule has 0 amide bonds. The predicted molar refractivity (Wildman–Crippen MR) is 115 cm³/mol. The van der Waals surface area contributed by atoms with E-state index in [4.69, 9.17) is 35.8 Å². The van der Waals surface area contributed by atoms with Gasteiger partial charge in [0.25, 0.3) is 0 Å². The summed E-state index contributed by atoms with van der Waals surface area (Å²) in [5.74, 6) is 0.204. The van der Waals surface area contributed by atoms with Gasteiger partial charge in [-0.15, -0.1) is 0 Å². The van der Waals surface area contributed by atoms with Gasteiger partial charge in [-0.1, -0.05) is 0 Å². The highest BCUT2D eigenvalue weighted by Crippen LogP contribution is 2.57. The number of rotatable bonds is 5. The number of hydrogen-bond donors (Lipinski definition) is 3. The zero-order chi connectivity index (χ0) is 22.3. The molecule has 0 radical (unpaired) electrons. The number of aliphatic hydroxyl groups is 2. The number of hydrogen-bond acceptors (Lipinski definition) is 12. The first-order valence-corrected chi connectivity index (χ1v) is 12.4. The van der Waals surface area contributed by atoms with Gasteiger partial charge < -0.3 is 34.3 Å². The average molecular weight is 480 g/mol. The van der Waals surface area contributed by atoms with Crippen LogP contribution in [0.4, 0.5) is 5.82 Å². The molecule has 2 fully saturated rings. The summed E-state index contributed by atoms with van der Waals surface area (Å²) in [6.45, 7) is -2.82. The lowest BCUT2D eigenvalue weighted by molar-refractivity contribution is -0.0533. The second-order valence-corrected chi connectivity index (χ2v) is 10.3. The van der Waals surface area contributed by atoms with E-state index in [0.717, 1.165) is 5.56 Å². The third kappa shape index (κ3) is 4.02. The third-order valence-corrected chi connectivity index (χ3v) is 7.73. The van der Waals surface area contributed by atoms with E-state index < -0.39 is 31.3 Å². The van der Waals surface area contributed by atoms with Gasteiger partial charge in [0.2, 0.25) is 0 Å². The first kappa shape index (κ1) is 21.7. The highest BCUT2D eigenvalue weighted by Gasteiger charge is 2.45. The summed E-state index contributed by atoms with van der Waals surface area (Å²) in [6.07, 6.45) is 2.12. The molecule has 170 valence electrons. The molecule has 4 N–H and O–H groups in total. The molecule has 5 heterocycles. The molecule has 2 unspecified atom stereocenters. The van der Waals surface area contributed by atoms with Crippen LogP contribution >= 0.6 is 6.72 Å². The second-order valence-electron chi connectivity index (χ2n) is 7.37. The van der Waals surface area contributed by atoms with E-state index in [1.807, 2.05) is 12.1 Å². The van der Waals surface area contributed by atoms with E-state index in [0.29, 0.717) is 24.2 Å². The van der Waals surface area contributed by atoms with Gasteiger partial charge in [0, 0.05) is 18.8 Å². The quantitative estimate of drug-likeness (QED) is 0.442. The van der Waals surface area contributed by atoms with E-state index in [2.05, 4.69) is 19.9 Å². The number of aromatic nitrogens is 5. The third-order valence-electron chi connectivity index (χ3n) is 5.36. The molecule has 2 saturated heterocycles. The van der Waals surface area contributed by atoms with E-state index in [1.54, 1.807) is 12.4 Å². The maximum absolute atomic E-state index is 10.6. The van der Waals surface area contributed by atoms with Crippen molar-refractivity contribution in [2.24, 2.45) is 0 Å². The number of fused-ring (bicyclic) bond motifs is 1. The van der Waals surface area contributed by atoms with Gasteiger partial charge in [-0.2, -0.15) is 0 Å². The minimum Gasteiger partial charge on any atom is -0.387 e. The summed E-state index contributed by atoms with van der Waals surface area (Å²) in [5, 5.41) is 21.1. The van der Waals surface area contributed by atoms with E-state index in [1.165, 1.54) is 17.2 Å². The van der Waals surface area contributed by atoms with Crippen LogP contribution < -0.4 is 5.73 Å². The number of nitrogen functional groups attached to an aromatic ring is 1. The molecule has 0 saturated carbocycles. The molecule has 12 nitrogen and oxygen atoms in total. The molecule has 14 heteroatoms. The molecule has 5 rings (SSSR count). The summed E-state index contributed by atoms with van der Waals surface area (Å²) in [7, 11) is 0. The second kappa shape index (κ2) is 8.69. The van der Waals surface area contributed by atoms with Crippen molar-refractivity contribution in [1.29, 1.82) is 0 Å². The van der Waals surface area contributed by atoms with Gasteiger partial charge in [-0.25, -0.2) is 15.0 Å². The van der Waals surface area contributed by atoms with Crippen LogP contribution in [0.5, 0.6) is 0 Å². The van der Waals surface area contributed by atoms with E-state index in [9.17, 15) is 10.2 Å². The lowest BCUT2D eigenvalue weighted by atomic mass is 10.1. The summed E-state index contributed by atoms with van der Waals surface area (Å²) >= 11 is 5.50. The minimum absolute atomic E-state index is 0.126. The molecular formula is C18H21N6O6PS. The van der Waals surface area contributed by atoms with Crippen molar-refractivity contribution in [1.82, 2.24) is 24.5 Å². The molecule has 2 aliphatic rings. The summed E-state index contributed by atoms with van der Waals surface area (Å²) in [5.41, 5.74) is 7.50. The molecule has 0 spiro atoms. The van der Waals surface area contributed by atoms with Crippen LogP contribution in [0.1, 0.15) is 24.3 Å². The number of anilines is 1. The van der Waals surface area contributed by atoms with Crippen molar-refractivity contribution >= 4 is 35.5 Å². The first-order chi connectivity index (χ1) is 15.5. The molecule has 3 aromatic heterocycles. The van der Waals surface area contributed by atoms with E-state index >= 15 is 0 Å². The Balaban J connectivity index is 1.28. The molecular weight excluding hydrogens is 459 g/mol. The van der Waals surface area contributed by atoms with Gasteiger partial charge in [-0.05, 0) is 29.5 Å². The lowest BCUT2D eigenvalue weighted by Crippen LogP contribution is -2.34. The van der Waals surface area contributed by atoms with Crippen molar-refractivity contribution in [3.05, 3.63) is 42.7 Å². The highest BCUT2D eigenvalue weighted by atomic mass is 32.5. The minimum atomic E-state index is -3.08. The molecule has 0 aliphatic carbocycles. The van der Waals surface area contributed by atoms with Crippen LogP contribution in [0, 0.1) is 0 Å². The molecule has 3 aromatic rings. The fourth-order valence-corrected chi connectivity index (χ4v) is 5.81. The van der Waals surface area contributed by atoms with Crippen molar-refractivity contribution in [3.63, 3.8) is 0 Å². The van der Waals surface area contributed by atoms with Gasteiger partial charge >= 0.3 is 6.72 Å². The summed E-state index contributed by atoms with van der Waals surface area (Å²) in [6, 6.07) is 3.71. The number of ether oxygens (including phenoxy) is 1. The van der Waals surface area contributed by atoms with Crippen molar-refractivity contribution in [2.75, 3.05) is 18.9 Å². The highest BCUT2D eigenvalue weighted by molar-refractivity contribution is 8.07. The largest absolute Gasteiger partial charge is 0.387 e. The van der Waals surface area contributed by atoms with Crippen LogP contribution in [-0.2, 0) is 30.1 Å². The number of aliphatic hydroxyl groups excluding tert-OH is 2. The molecule has 0 bridgehead atoms. The monoisotopic (exact) mass is 480 g/mol. The van der Waals surface area contributed by atoms with Crippen molar-refractivity contribution in [2.45, 2.75) is 37.1 Å². The zero-order valence-electron chi connectivity index (χ0n) is 16.7. The van der Waals surface area contributed by atoms with E-state index in [-0.39, 0.29) is 18.5 Å². The number of nitrogens with two attached hydrogens (primary N) is 1. The molecule has 32 heavy (non-hydrogen) atoms. The normalized spacial score (nSPS) is 33.0.